The van der Waals surface area contributed by atoms with Crippen LogP contribution in [-0.4, -0.2) is 26.3 Å². The average molecular weight is 381 g/mol. The lowest BCUT2D eigenvalue weighted by atomic mass is 10.1. The summed E-state index contributed by atoms with van der Waals surface area (Å²) in [5, 5.41) is 4.24. The van der Waals surface area contributed by atoms with Crippen molar-refractivity contribution in [3.8, 4) is 0 Å². The summed E-state index contributed by atoms with van der Waals surface area (Å²) < 4.78 is 31.0. The van der Waals surface area contributed by atoms with Crippen LogP contribution >= 0.6 is 0 Å². The third-order valence-electron chi connectivity index (χ3n) is 4.23. The van der Waals surface area contributed by atoms with E-state index in [9.17, 15) is 13.2 Å². The molecule has 0 bridgehead atoms. The van der Waals surface area contributed by atoms with Gasteiger partial charge in [0, 0.05) is 36.3 Å². The summed E-state index contributed by atoms with van der Waals surface area (Å²) in [5.41, 5.74) is 2.04. The monoisotopic (exact) mass is 380 g/mol. The summed E-state index contributed by atoms with van der Waals surface area (Å²) in [6, 6.07) is 7.23. The largest absolute Gasteiger partial charge is 0.423 e. The number of fused-ring (bicyclic) bond motifs is 1. The minimum absolute atomic E-state index is 0.343. The molecule has 0 saturated carbocycles. The molecule has 0 radical (unpaired) electrons. The molecule has 7 heteroatoms. The normalized spacial score (nSPS) is 12.5. The molecule has 0 unspecified atom stereocenters. The predicted octanol–water partition coefficient (Wildman–Crippen LogP) is 3.40. The van der Waals surface area contributed by atoms with Gasteiger partial charge in [-0.1, -0.05) is 6.42 Å². The van der Waals surface area contributed by atoms with Crippen LogP contribution in [0.1, 0.15) is 45.6 Å². The summed E-state index contributed by atoms with van der Waals surface area (Å²) in [5.74, 6) is 0. The second kappa shape index (κ2) is 8.22. The molecule has 0 fully saturated rings. The molecule has 0 aliphatic carbocycles. The fourth-order valence-corrected chi connectivity index (χ4v) is 3.36. The van der Waals surface area contributed by atoms with Crippen molar-refractivity contribution in [1.82, 2.24) is 4.72 Å². The van der Waals surface area contributed by atoms with Crippen LogP contribution in [0.5, 0.6) is 0 Å². The minimum Gasteiger partial charge on any atom is -0.423 e. The van der Waals surface area contributed by atoms with Gasteiger partial charge in [-0.3, -0.25) is 0 Å². The number of benzene rings is 1. The van der Waals surface area contributed by atoms with Crippen LogP contribution in [-0.2, 0) is 10.0 Å². The number of aryl methyl sites for hydroxylation is 1. The quantitative estimate of drug-likeness (QED) is 0.541. The molecular weight excluding hydrogens is 352 g/mol. The van der Waals surface area contributed by atoms with E-state index in [1.807, 2.05) is 25.1 Å². The second-order valence-corrected chi connectivity index (χ2v) is 9.98. The summed E-state index contributed by atoms with van der Waals surface area (Å²) in [6.45, 7) is 8.18. The Morgan fingerprint density at radius 2 is 1.73 bits per heavy atom. The molecule has 26 heavy (non-hydrogen) atoms. The van der Waals surface area contributed by atoms with Gasteiger partial charge in [0.05, 0.1) is 4.75 Å². The van der Waals surface area contributed by atoms with Gasteiger partial charge >= 0.3 is 5.63 Å². The highest BCUT2D eigenvalue weighted by Gasteiger charge is 2.27. The summed E-state index contributed by atoms with van der Waals surface area (Å²) >= 11 is 0. The Balaban J connectivity index is 1.75. The van der Waals surface area contributed by atoms with Gasteiger partial charge < -0.3 is 9.73 Å². The standard InChI is InChI=1S/C19H28N2O4S/c1-14-12-18(22)25-17-13-15(8-9-16(14)17)20-10-6-5-7-11-21-26(23,24)19(2,3)4/h8-9,12-13,20-21H,5-7,10-11H2,1-4H3. The lowest BCUT2D eigenvalue weighted by Gasteiger charge is -2.19. The van der Waals surface area contributed by atoms with Crippen LogP contribution in [0, 0.1) is 6.92 Å². The molecule has 1 heterocycles. The van der Waals surface area contributed by atoms with Crippen molar-refractivity contribution in [2.45, 2.75) is 51.7 Å². The van der Waals surface area contributed by atoms with E-state index in [0.29, 0.717) is 12.1 Å². The second-order valence-electron chi connectivity index (χ2n) is 7.46. The molecule has 1 aromatic carbocycles. The third kappa shape index (κ3) is 5.32. The van der Waals surface area contributed by atoms with Crippen molar-refractivity contribution >= 4 is 26.7 Å². The number of hydrogen-bond donors (Lipinski definition) is 2. The lowest BCUT2D eigenvalue weighted by Crippen LogP contribution is -2.39. The first-order chi connectivity index (χ1) is 12.1. The Bertz CT molecular complexity index is 911. The Morgan fingerprint density at radius 1 is 1.04 bits per heavy atom. The van der Waals surface area contributed by atoms with Gasteiger partial charge in [-0.05, 0) is 58.2 Å². The van der Waals surface area contributed by atoms with Gasteiger partial charge in [0.15, 0.2) is 0 Å². The smallest absolute Gasteiger partial charge is 0.336 e. The molecule has 0 aliphatic heterocycles. The molecule has 0 saturated heterocycles. The van der Waals surface area contributed by atoms with E-state index in [1.54, 1.807) is 20.8 Å². The number of nitrogens with one attached hydrogen (secondary N) is 2. The minimum atomic E-state index is -3.26. The van der Waals surface area contributed by atoms with Gasteiger partial charge in [0.2, 0.25) is 10.0 Å². The zero-order valence-corrected chi connectivity index (χ0v) is 16.7. The zero-order valence-electron chi connectivity index (χ0n) is 15.9. The fraction of sp³-hybridized carbons (Fsp3) is 0.526. The van der Waals surface area contributed by atoms with Crippen molar-refractivity contribution < 1.29 is 12.8 Å². The predicted molar refractivity (Wildman–Crippen MR) is 106 cm³/mol. The Kier molecular flexibility index (Phi) is 6.47. The van der Waals surface area contributed by atoms with Gasteiger partial charge in [-0.2, -0.15) is 0 Å². The molecule has 2 rings (SSSR count). The fourth-order valence-electron chi connectivity index (χ4n) is 2.52. The van der Waals surface area contributed by atoms with Crippen LogP contribution < -0.4 is 15.7 Å². The third-order valence-corrected chi connectivity index (χ3v) is 6.43. The first kappa shape index (κ1) is 20.5. The van der Waals surface area contributed by atoms with E-state index in [1.165, 1.54) is 6.07 Å². The number of unbranched alkanes of at least 4 members (excludes halogenated alkanes) is 2. The molecular formula is C19H28N2O4S. The molecule has 1 aromatic heterocycles. The highest BCUT2D eigenvalue weighted by molar-refractivity contribution is 7.90. The van der Waals surface area contributed by atoms with E-state index in [4.69, 9.17) is 4.42 Å². The van der Waals surface area contributed by atoms with Crippen LogP contribution in [0.15, 0.2) is 33.5 Å². The maximum absolute atomic E-state index is 11.9. The molecule has 0 atom stereocenters. The van der Waals surface area contributed by atoms with Crippen LogP contribution in [0.3, 0.4) is 0 Å². The highest BCUT2D eigenvalue weighted by atomic mass is 32.2. The van der Waals surface area contributed by atoms with Crippen molar-refractivity contribution in [2.75, 3.05) is 18.4 Å². The highest BCUT2D eigenvalue weighted by Crippen LogP contribution is 2.20. The number of rotatable bonds is 8. The molecule has 6 nitrogen and oxygen atoms in total. The van der Waals surface area contributed by atoms with Crippen molar-refractivity contribution in [2.24, 2.45) is 0 Å². The van der Waals surface area contributed by atoms with E-state index in [-0.39, 0.29) is 5.63 Å². The van der Waals surface area contributed by atoms with Crippen LogP contribution in [0.25, 0.3) is 11.0 Å². The average Bonchev–Trinajstić information content (AvgIpc) is 2.52. The number of hydrogen-bond acceptors (Lipinski definition) is 5. The van der Waals surface area contributed by atoms with Gasteiger partial charge in [0.1, 0.15) is 5.58 Å². The first-order valence-electron chi connectivity index (χ1n) is 8.88. The number of anilines is 1. The molecule has 144 valence electrons. The molecule has 0 aliphatic rings. The van der Waals surface area contributed by atoms with Gasteiger partial charge in [-0.15, -0.1) is 0 Å². The van der Waals surface area contributed by atoms with Crippen molar-refractivity contribution in [1.29, 1.82) is 0 Å². The van der Waals surface area contributed by atoms with E-state index in [0.717, 1.165) is 42.4 Å². The summed E-state index contributed by atoms with van der Waals surface area (Å²) in [6.07, 6.45) is 2.64. The Morgan fingerprint density at radius 3 is 2.42 bits per heavy atom. The zero-order chi connectivity index (χ0) is 19.4. The maximum Gasteiger partial charge on any atom is 0.336 e. The number of sulfonamides is 1. The van der Waals surface area contributed by atoms with Gasteiger partial charge in [-0.25, -0.2) is 17.9 Å². The van der Waals surface area contributed by atoms with E-state index >= 15 is 0 Å². The summed E-state index contributed by atoms with van der Waals surface area (Å²) in [4.78, 5) is 11.5. The molecule has 0 amide bonds. The lowest BCUT2D eigenvalue weighted by molar-refractivity contribution is 0.540. The summed E-state index contributed by atoms with van der Waals surface area (Å²) in [7, 11) is -3.26. The molecule has 2 aromatic rings. The van der Waals surface area contributed by atoms with Crippen LogP contribution in [0.4, 0.5) is 5.69 Å². The van der Waals surface area contributed by atoms with E-state index < -0.39 is 14.8 Å². The molecule has 2 N–H and O–H groups in total. The maximum atomic E-state index is 11.9. The topological polar surface area (TPSA) is 88.4 Å². The first-order valence-corrected chi connectivity index (χ1v) is 10.4. The van der Waals surface area contributed by atoms with Crippen LogP contribution in [0.2, 0.25) is 0 Å². The molecule has 0 spiro atoms. The Labute approximate surface area is 155 Å². The van der Waals surface area contributed by atoms with E-state index in [2.05, 4.69) is 10.0 Å². The van der Waals surface area contributed by atoms with Crippen molar-refractivity contribution in [3.05, 3.63) is 40.2 Å². The Hall–Kier alpha value is -1.86. The van der Waals surface area contributed by atoms with Gasteiger partial charge in [0.25, 0.3) is 0 Å². The van der Waals surface area contributed by atoms with Crippen molar-refractivity contribution in [3.63, 3.8) is 0 Å². The SMILES string of the molecule is Cc1cc(=O)oc2cc(NCCCCCNS(=O)(=O)C(C)(C)C)ccc12.